The van der Waals surface area contributed by atoms with Crippen LogP contribution in [0.1, 0.15) is 25.3 Å². The Morgan fingerprint density at radius 1 is 1.23 bits per heavy atom. The number of aliphatic hydroxyl groups is 1. The van der Waals surface area contributed by atoms with Crippen LogP contribution in [0.15, 0.2) is 55.6 Å². The molecule has 0 saturated carbocycles. The smallest absolute Gasteiger partial charge is 0.310 e. The molecule has 1 aromatic rings. The minimum atomic E-state index is -0.813. The third kappa shape index (κ3) is 6.03. The molecule has 0 aromatic heterocycles. The Balaban J connectivity index is 1.51. The molecule has 1 aromatic carbocycles. The van der Waals surface area contributed by atoms with Crippen molar-refractivity contribution < 1.29 is 29.0 Å². The van der Waals surface area contributed by atoms with Gasteiger partial charge in [-0.1, -0.05) is 49.4 Å². The molecule has 7 atom stereocenters. The van der Waals surface area contributed by atoms with Crippen molar-refractivity contribution >= 4 is 29.5 Å². The van der Waals surface area contributed by atoms with Crippen molar-refractivity contribution in [1.82, 2.24) is 14.7 Å². The Labute approximate surface area is 259 Å². The lowest BCUT2D eigenvalue weighted by Crippen LogP contribution is -2.60. The fraction of sp³-hybridized carbons (Fsp3) is 0.606. The van der Waals surface area contributed by atoms with E-state index in [4.69, 9.17) is 9.47 Å². The van der Waals surface area contributed by atoms with E-state index in [1.807, 2.05) is 30.3 Å². The van der Waals surface area contributed by atoms with Crippen LogP contribution < -0.4 is 0 Å². The summed E-state index contributed by atoms with van der Waals surface area (Å²) in [4.78, 5) is 48.7. The minimum Gasteiger partial charge on any atom is -0.465 e. The normalized spacial score (nSPS) is 30.6. The molecular weight excluding hydrogens is 566 g/mol. The molecule has 4 fully saturated rings. The van der Waals surface area contributed by atoms with Crippen LogP contribution in [0.25, 0.3) is 0 Å². The van der Waals surface area contributed by atoms with Gasteiger partial charge in [-0.3, -0.25) is 19.3 Å². The monoisotopic (exact) mass is 611 g/mol. The van der Waals surface area contributed by atoms with Gasteiger partial charge in [-0.15, -0.1) is 24.9 Å². The maximum atomic E-state index is 14.8. The van der Waals surface area contributed by atoms with Gasteiger partial charge in [0.05, 0.1) is 49.1 Å². The number of rotatable bonds is 14. The molecule has 5 rings (SSSR count). The second-order valence-corrected chi connectivity index (χ2v) is 13.6. The summed E-state index contributed by atoms with van der Waals surface area (Å²) in [6.07, 6.45) is 5.09. The maximum Gasteiger partial charge on any atom is 0.310 e. The first-order valence-corrected chi connectivity index (χ1v) is 16.4. The molecular formula is C33H45N3O6S. The Kier molecular flexibility index (Phi) is 10.3. The van der Waals surface area contributed by atoms with E-state index in [-0.39, 0.29) is 42.2 Å². The Hall–Kier alpha value is -2.66. The highest BCUT2D eigenvalue weighted by atomic mass is 32.2. The molecule has 234 valence electrons. The summed E-state index contributed by atoms with van der Waals surface area (Å²) >= 11 is 1.63. The molecule has 1 spiro atoms. The minimum absolute atomic E-state index is 0.0218. The molecule has 10 heteroatoms. The van der Waals surface area contributed by atoms with Gasteiger partial charge in [0.1, 0.15) is 6.04 Å². The van der Waals surface area contributed by atoms with Crippen LogP contribution in [0.4, 0.5) is 0 Å². The van der Waals surface area contributed by atoms with Crippen LogP contribution >= 0.6 is 11.8 Å². The number of benzene rings is 1. The average Bonchev–Trinajstić information content (AvgIpc) is 3.62. The van der Waals surface area contributed by atoms with Gasteiger partial charge >= 0.3 is 5.97 Å². The standard InChI is InChI=1S/C33H45N3O6S/c1-4-6-17-42-32(40)27-26-20-23(3)33(43-26)28(27)30(38)36(25(22-37)21-24-10-8-7-9-11-24)29(33)31(39)35(12-5-2)14-13-34-15-18-41-19-16-34/h4-5,7-11,23,25-29,37H,1-2,6,12-22H2,3H3/t23?,25-,26+,27-,28+,29?,33?/m1/s1. The van der Waals surface area contributed by atoms with Crippen LogP contribution in [0, 0.1) is 17.8 Å². The third-order valence-electron chi connectivity index (χ3n) is 9.63. The number of hydrogen-bond donors (Lipinski definition) is 1. The average molecular weight is 612 g/mol. The molecule has 2 bridgehead atoms. The fourth-order valence-corrected chi connectivity index (χ4v) is 9.97. The van der Waals surface area contributed by atoms with Crippen LogP contribution in [0.3, 0.4) is 0 Å². The zero-order valence-electron chi connectivity index (χ0n) is 25.1. The van der Waals surface area contributed by atoms with Crippen molar-refractivity contribution in [2.45, 2.75) is 48.3 Å². The van der Waals surface area contributed by atoms with Gasteiger partial charge in [0, 0.05) is 38.0 Å². The van der Waals surface area contributed by atoms with Gasteiger partial charge in [-0.05, 0) is 30.7 Å². The van der Waals surface area contributed by atoms with Crippen LogP contribution in [-0.4, -0.2) is 119 Å². The van der Waals surface area contributed by atoms with Gasteiger partial charge in [0.15, 0.2) is 0 Å². The molecule has 4 saturated heterocycles. The fourth-order valence-electron chi connectivity index (χ4n) is 7.58. The van der Waals surface area contributed by atoms with E-state index in [0.29, 0.717) is 45.7 Å². The van der Waals surface area contributed by atoms with Gasteiger partial charge in [-0.25, -0.2) is 0 Å². The number of hydrogen-bond acceptors (Lipinski definition) is 8. The number of thioether (sulfide) groups is 1. The molecule has 9 nitrogen and oxygen atoms in total. The van der Waals surface area contributed by atoms with E-state index < -0.39 is 28.7 Å². The lowest BCUT2D eigenvalue weighted by Gasteiger charge is -2.42. The van der Waals surface area contributed by atoms with Gasteiger partial charge < -0.3 is 24.4 Å². The number of carbonyl (C=O) groups is 3. The number of carbonyl (C=O) groups excluding carboxylic acids is 3. The topological polar surface area (TPSA) is 99.6 Å². The number of esters is 1. The molecule has 2 amide bonds. The van der Waals surface area contributed by atoms with Gasteiger partial charge in [0.25, 0.3) is 0 Å². The van der Waals surface area contributed by atoms with Crippen LogP contribution in [0.2, 0.25) is 0 Å². The highest BCUT2D eigenvalue weighted by Crippen LogP contribution is 2.69. The largest absolute Gasteiger partial charge is 0.465 e. The number of morpholine rings is 1. The number of aliphatic hydroxyl groups excluding tert-OH is 1. The second kappa shape index (κ2) is 14.0. The van der Waals surface area contributed by atoms with E-state index in [9.17, 15) is 19.5 Å². The van der Waals surface area contributed by atoms with Crippen molar-refractivity contribution in [1.29, 1.82) is 0 Å². The van der Waals surface area contributed by atoms with E-state index in [2.05, 4.69) is 25.0 Å². The second-order valence-electron chi connectivity index (χ2n) is 12.1. The van der Waals surface area contributed by atoms with Crippen molar-refractivity contribution in [2.75, 3.05) is 59.2 Å². The molecule has 43 heavy (non-hydrogen) atoms. The molecule has 1 N–H and O–H groups in total. The van der Waals surface area contributed by atoms with Gasteiger partial charge in [0.2, 0.25) is 11.8 Å². The lowest BCUT2D eigenvalue weighted by atomic mass is 9.66. The van der Waals surface area contributed by atoms with Crippen LogP contribution in [-0.2, 0) is 30.3 Å². The first-order chi connectivity index (χ1) is 20.9. The Bertz CT molecular complexity index is 1180. The first-order valence-electron chi connectivity index (χ1n) is 15.5. The Morgan fingerprint density at radius 2 is 1.98 bits per heavy atom. The van der Waals surface area contributed by atoms with Crippen molar-refractivity contribution in [3.05, 3.63) is 61.2 Å². The van der Waals surface area contributed by atoms with Crippen molar-refractivity contribution in [3.8, 4) is 0 Å². The summed E-state index contributed by atoms with van der Waals surface area (Å²) in [7, 11) is 0. The van der Waals surface area contributed by atoms with E-state index >= 15 is 0 Å². The van der Waals surface area contributed by atoms with E-state index in [1.54, 1.807) is 33.7 Å². The predicted octanol–water partition coefficient (Wildman–Crippen LogP) is 2.39. The van der Waals surface area contributed by atoms with E-state index in [1.165, 1.54) is 0 Å². The Morgan fingerprint density at radius 3 is 2.65 bits per heavy atom. The maximum absolute atomic E-state index is 14.8. The first kappa shape index (κ1) is 31.8. The van der Waals surface area contributed by atoms with Crippen molar-refractivity contribution in [3.63, 3.8) is 0 Å². The summed E-state index contributed by atoms with van der Waals surface area (Å²) in [5, 5.41) is 10.6. The number of ether oxygens (including phenoxy) is 2. The zero-order valence-corrected chi connectivity index (χ0v) is 26.0. The SMILES string of the molecule is C=CCCOC(=O)[C@@H]1[C@@H]2CC(C)C3(S2)C(C(=O)N(CC=C)CCN2CCOCC2)N([C@@H](CO)Cc2ccccc2)C(=O)[C@H]13. The zero-order chi connectivity index (χ0) is 30.6. The van der Waals surface area contributed by atoms with E-state index in [0.717, 1.165) is 25.1 Å². The number of likely N-dealkylation sites (tertiary alicyclic amines) is 1. The number of fused-ring (bicyclic) bond motifs is 1. The molecule has 4 heterocycles. The summed E-state index contributed by atoms with van der Waals surface area (Å²) in [6.45, 7) is 14.1. The summed E-state index contributed by atoms with van der Waals surface area (Å²) in [5.41, 5.74) is 0.968. The summed E-state index contributed by atoms with van der Waals surface area (Å²) in [6, 6.07) is 8.29. The molecule has 4 aliphatic rings. The molecule has 4 aliphatic heterocycles. The third-order valence-corrected chi connectivity index (χ3v) is 11.7. The number of nitrogens with zero attached hydrogens (tertiary/aromatic N) is 3. The molecule has 0 radical (unpaired) electrons. The number of amides is 2. The quantitative estimate of drug-likeness (QED) is 0.195. The van der Waals surface area contributed by atoms with Gasteiger partial charge in [-0.2, -0.15) is 0 Å². The molecule has 3 unspecified atom stereocenters. The summed E-state index contributed by atoms with van der Waals surface area (Å²) in [5.74, 6) is -2.04. The highest BCUT2D eigenvalue weighted by molar-refractivity contribution is 8.02. The molecule has 0 aliphatic carbocycles. The summed E-state index contributed by atoms with van der Waals surface area (Å²) < 4.78 is 10.4. The van der Waals surface area contributed by atoms with Crippen LogP contribution in [0.5, 0.6) is 0 Å². The highest BCUT2D eigenvalue weighted by Gasteiger charge is 2.77. The predicted molar refractivity (Wildman–Crippen MR) is 166 cm³/mol. The van der Waals surface area contributed by atoms with Crippen molar-refractivity contribution in [2.24, 2.45) is 17.8 Å². The lowest BCUT2D eigenvalue weighted by molar-refractivity contribution is -0.154.